The summed E-state index contributed by atoms with van der Waals surface area (Å²) in [6.07, 6.45) is 2.24. The number of hydrogen-bond donors (Lipinski definition) is 2. The predicted molar refractivity (Wildman–Crippen MR) is 97.5 cm³/mol. The largest absolute Gasteiger partial charge is 0.386 e. The van der Waals surface area contributed by atoms with Crippen LogP contribution < -0.4 is 0 Å². The van der Waals surface area contributed by atoms with Gasteiger partial charge in [0, 0.05) is 12.8 Å². The van der Waals surface area contributed by atoms with Gasteiger partial charge in [-0.3, -0.25) is 0 Å². The number of benzene rings is 1. The molecule has 0 radical (unpaired) electrons. The third-order valence-electron chi connectivity index (χ3n) is 3.65. The van der Waals surface area contributed by atoms with Crippen molar-refractivity contribution in [3.63, 3.8) is 0 Å². The quantitative estimate of drug-likeness (QED) is 0.577. The van der Waals surface area contributed by atoms with Crippen molar-refractivity contribution in [3.05, 3.63) is 59.8 Å². The number of aliphatic hydroxyl groups is 2. The molecule has 0 unspecified atom stereocenters. The molecule has 2 N–H and O–H groups in total. The summed E-state index contributed by atoms with van der Waals surface area (Å²) in [4.78, 5) is 0. The topological polar surface area (TPSA) is 40.5 Å². The minimum absolute atomic E-state index is 0.227. The normalized spacial score (nSPS) is 18.4. The lowest BCUT2D eigenvalue weighted by Gasteiger charge is -2.35. The van der Waals surface area contributed by atoms with E-state index < -0.39 is 19.3 Å². The van der Waals surface area contributed by atoms with E-state index in [9.17, 15) is 10.2 Å². The molecule has 0 saturated heterocycles. The van der Waals surface area contributed by atoms with E-state index in [1.54, 1.807) is 6.92 Å². The van der Waals surface area contributed by atoms with Crippen LogP contribution in [0.1, 0.15) is 32.3 Å². The van der Waals surface area contributed by atoms with Gasteiger partial charge in [-0.15, -0.1) is 6.58 Å². The summed E-state index contributed by atoms with van der Waals surface area (Å²) >= 11 is 0. The fraction of sp³-hybridized carbons (Fsp3) is 0.474. The highest BCUT2D eigenvalue weighted by atomic mass is 28.3. The summed E-state index contributed by atoms with van der Waals surface area (Å²) in [5, 5.41) is 21.7. The van der Waals surface area contributed by atoms with E-state index in [1.807, 2.05) is 30.3 Å². The van der Waals surface area contributed by atoms with E-state index in [0.29, 0.717) is 6.42 Å². The molecule has 2 nitrogen and oxygen atoms in total. The fourth-order valence-electron chi connectivity index (χ4n) is 2.93. The van der Waals surface area contributed by atoms with Crippen molar-refractivity contribution in [2.24, 2.45) is 0 Å². The van der Waals surface area contributed by atoms with Crippen LogP contribution in [0.15, 0.2) is 54.3 Å². The maximum Gasteiger partial charge on any atom is 0.0963 e. The zero-order chi connectivity index (χ0) is 17.0. The van der Waals surface area contributed by atoms with E-state index in [1.165, 1.54) is 11.6 Å². The van der Waals surface area contributed by atoms with Crippen LogP contribution in [0.2, 0.25) is 19.6 Å². The van der Waals surface area contributed by atoms with Gasteiger partial charge in [0.15, 0.2) is 0 Å². The maximum absolute atomic E-state index is 11.3. The van der Waals surface area contributed by atoms with Gasteiger partial charge in [-0.25, -0.2) is 0 Å². The van der Waals surface area contributed by atoms with E-state index >= 15 is 0 Å². The molecule has 0 aliphatic rings. The number of rotatable bonds is 7. The lowest BCUT2D eigenvalue weighted by atomic mass is 9.79. The molecule has 0 aliphatic carbocycles. The van der Waals surface area contributed by atoms with Crippen LogP contribution in [-0.4, -0.2) is 23.9 Å². The fourth-order valence-corrected chi connectivity index (χ4v) is 4.51. The molecule has 1 aromatic carbocycles. The van der Waals surface area contributed by atoms with E-state index in [0.717, 1.165) is 5.56 Å². The van der Waals surface area contributed by atoms with E-state index in [-0.39, 0.29) is 6.42 Å². The molecule has 0 bridgehead atoms. The third-order valence-corrected chi connectivity index (χ3v) is 5.01. The van der Waals surface area contributed by atoms with Crippen molar-refractivity contribution in [2.45, 2.75) is 57.5 Å². The van der Waals surface area contributed by atoms with E-state index in [2.05, 4.69) is 38.8 Å². The Bertz CT molecular complexity index is 526. The smallest absolute Gasteiger partial charge is 0.0963 e. The van der Waals surface area contributed by atoms with Crippen LogP contribution in [-0.2, 0) is 5.60 Å². The van der Waals surface area contributed by atoms with Gasteiger partial charge in [0.1, 0.15) is 0 Å². The molecule has 0 amide bonds. The molecule has 122 valence electrons. The summed E-state index contributed by atoms with van der Waals surface area (Å²) in [5.41, 5.74) is 2.11. The SMILES string of the molecule is C=C[C@@](C)(O)C[C@](O)(C/C(C)=C/[Si](C)(C)C)c1ccccc1. The highest BCUT2D eigenvalue weighted by molar-refractivity contribution is 6.81. The first-order chi connectivity index (χ1) is 9.97. The number of hydrogen-bond acceptors (Lipinski definition) is 2. The van der Waals surface area contributed by atoms with Crippen LogP contribution in [0, 0.1) is 0 Å². The minimum Gasteiger partial charge on any atom is -0.386 e. The molecule has 0 saturated carbocycles. The van der Waals surface area contributed by atoms with Gasteiger partial charge in [-0.2, -0.15) is 0 Å². The van der Waals surface area contributed by atoms with Gasteiger partial charge in [-0.1, -0.05) is 67.3 Å². The Hall–Kier alpha value is -1.16. The monoisotopic (exact) mass is 318 g/mol. The van der Waals surface area contributed by atoms with Gasteiger partial charge in [0.2, 0.25) is 0 Å². The second-order valence-corrected chi connectivity index (χ2v) is 12.7. The molecule has 1 aromatic rings. The molecule has 0 heterocycles. The van der Waals surface area contributed by atoms with Crippen molar-refractivity contribution >= 4 is 8.07 Å². The van der Waals surface area contributed by atoms with Crippen LogP contribution in [0.25, 0.3) is 0 Å². The van der Waals surface area contributed by atoms with Crippen LogP contribution >= 0.6 is 0 Å². The lowest BCUT2D eigenvalue weighted by molar-refractivity contribution is -0.0375. The molecular weight excluding hydrogens is 288 g/mol. The van der Waals surface area contributed by atoms with Crippen molar-refractivity contribution in [3.8, 4) is 0 Å². The molecule has 0 fully saturated rings. The Morgan fingerprint density at radius 2 is 1.73 bits per heavy atom. The summed E-state index contributed by atoms with van der Waals surface area (Å²) in [6.45, 7) is 14.3. The van der Waals surface area contributed by atoms with Crippen molar-refractivity contribution in [1.29, 1.82) is 0 Å². The Balaban J connectivity index is 3.18. The van der Waals surface area contributed by atoms with Crippen LogP contribution in [0.3, 0.4) is 0 Å². The molecule has 0 spiro atoms. The average Bonchev–Trinajstić information content (AvgIpc) is 2.36. The van der Waals surface area contributed by atoms with Crippen molar-refractivity contribution < 1.29 is 10.2 Å². The van der Waals surface area contributed by atoms with Gasteiger partial charge in [0.05, 0.1) is 19.3 Å². The van der Waals surface area contributed by atoms with Crippen LogP contribution in [0.4, 0.5) is 0 Å². The Kier molecular flexibility index (Phi) is 5.96. The minimum atomic E-state index is -1.34. The summed E-state index contributed by atoms with van der Waals surface area (Å²) in [6, 6.07) is 9.60. The maximum atomic E-state index is 11.3. The molecule has 2 atom stereocenters. The Morgan fingerprint density at radius 3 is 2.18 bits per heavy atom. The molecule has 3 heteroatoms. The van der Waals surface area contributed by atoms with Gasteiger partial charge >= 0.3 is 0 Å². The Morgan fingerprint density at radius 1 is 1.18 bits per heavy atom. The Labute approximate surface area is 136 Å². The van der Waals surface area contributed by atoms with Crippen molar-refractivity contribution in [2.75, 3.05) is 0 Å². The third kappa shape index (κ3) is 5.91. The first kappa shape index (κ1) is 18.9. The average molecular weight is 319 g/mol. The molecular formula is C19H30O2Si. The lowest BCUT2D eigenvalue weighted by Crippen LogP contribution is -2.37. The standard InChI is InChI=1S/C19H30O2Si/c1-7-18(3,20)15-19(21,17-11-9-8-10-12-17)13-16(2)14-22(4,5)6/h7-12,14,20-21H,1,13,15H2,2-6H3/b16-14+/t18-,19-/m1/s1. The zero-order valence-corrected chi connectivity index (χ0v) is 15.6. The molecule has 0 aliphatic heterocycles. The highest BCUT2D eigenvalue weighted by Gasteiger charge is 2.36. The van der Waals surface area contributed by atoms with Gasteiger partial charge in [-0.05, 0) is 19.4 Å². The predicted octanol–water partition coefficient (Wildman–Crippen LogP) is 4.42. The second kappa shape index (κ2) is 6.94. The molecule has 0 aromatic heterocycles. The second-order valence-electron chi connectivity index (χ2n) is 7.67. The molecule has 22 heavy (non-hydrogen) atoms. The van der Waals surface area contributed by atoms with Gasteiger partial charge < -0.3 is 10.2 Å². The first-order valence-corrected chi connectivity index (χ1v) is 11.4. The first-order valence-electron chi connectivity index (χ1n) is 7.80. The summed E-state index contributed by atoms with van der Waals surface area (Å²) in [7, 11) is -1.34. The van der Waals surface area contributed by atoms with E-state index in [4.69, 9.17) is 0 Å². The summed E-state index contributed by atoms with van der Waals surface area (Å²) in [5.74, 6) is 0. The molecule has 1 rings (SSSR count). The summed E-state index contributed by atoms with van der Waals surface area (Å²) < 4.78 is 0. The highest BCUT2D eigenvalue weighted by Crippen LogP contribution is 2.36. The van der Waals surface area contributed by atoms with Gasteiger partial charge in [0.25, 0.3) is 0 Å². The van der Waals surface area contributed by atoms with Crippen LogP contribution in [0.5, 0.6) is 0 Å². The zero-order valence-electron chi connectivity index (χ0n) is 14.6. The van der Waals surface area contributed by atoms with Crippen molar-refractivity contribution in [1.82, 2.24) is 0 Å².